The van der Waals surface area contributed by atoms with Crippen LogP contribution in [0.1, 0.15) is 0 Å². The summed E-state index contributed by atoms with van der Waals surface area (Å²) in [7, 11) is 0. The van der Waals surface area contributed by atoms with Crippen molar-refractivity contribution in [3.05, 3.63) is 0 Å². The predicted molar refractivity (Wildman–Crippen MR) is 15.7 cm³/mol. The molecule has 0 fully saturated rings. The number of hydrogen-bond donors (Lipinski definition) is 0. The molecule has 0 saturated heterocycles. The van der Waals surface area contributed by atoms with E-state index in [1.165, 1.54) is 0 Å². The minimum absolute atomic E-state index is 0. The van der Waals surface area contributed by atoms with E-state index in [9.17, 15) is 0 Å². The van der Waals surface area contributed by atoms with Crippen molar-refractivity contribution in [3.63, 3.8) is 0 Å². The summed E-state index contributed by atoms with van der Waals surface area (Å²) in [6, 6.07) is 0. The van der Waals surface area contributed by atoms with Crippen molar-refractivity contribution < 1.29 is 94.1 Å². The summed E-state index contributed by atoms with van der Waals surface area (Å²) >= 11 is 0. The summed E-state index contributed by atoms with van der Waals surface area (Å²) in [6.45, 7) is 0. The molecule has 0 unspecified atom stereocenters. The van der Waals surface area contributed by atoms with E-state index in [1.807, 2.05) is 0 Å². The molecular formula is H3BCuFeMoNbNiSi. The van der Waals surface area contributed by atoms with Crippen molar-refractivity contribution >= 4 is 19.4 Å². The van der Waals surface area contributed by atoms with E-state index >= 15 is 0 Å². The Kier molecular flexibility index (Phi) is 710. The molecule has 0 bridgehead atoms. The van der Waals surface area contributed by atoms with Gasteiger partial charge in [-0.25, -0.2) is 0 Å². The van der Waals surface area contributed by atoms with E-state index in [0.29, 0.717) is 0 Å². The molecule has 7 heteroatoms. The summed E-state index contributed by atoms with van der Waals surface area (Å²) in [5.41, 5.74) is 0. The molecular weight excluding hydrogens is 406 g/mol. The van der Waals surface area contributed by atoms with Crippen molar-refractivity contribution in [2.45, 2.75) is 0 Å². The fourth-order valence-electron chi connectivity index (χ4n) is 0. The topological polar surface area (TPSA) is 0 Å². The maximum absolute atomic E-state index is 0. The zero-order valence-corrected chi connectivity index (χ0v) is 12.6. The van der Waals surface area contributed by atoms with Gasteiger partial charge in [0, 0.05) is 102 Å². The van der Waals surface area contributed by atoms with Crippen LogP contribution >= 0.6 is 0 Å². The zero-order valence-electron chi connectivity index (χ0n) is 3.40. The van der Waals surface area contributed by atoms with Crippen LogP contribution in [-0.2, 0) is 94.1 Å². The van der Waals surface area contributed by atoms with Crippen molar-refractivity contribution in [3.8, 4) is 0 Å². The largest absolute Gasteiger partial charge is 0.0125 e. The molecule has 0 aliphatic heterocycles. The standard InChI is InChI=1S/B.Cu.Fe.Mo.Nb.Ni.H3Si/h;;;;;;1H3. The maximum Gasteiger partial charge on any atom is 0 e. The summed E-state index contributed by atoms with van der Waals surface area (Å²) in [5, 5.41) is 0. The quantitative estimate of drug-likeness (QED) is 0.425. The zero-order chi connectivity index (χ0) is 0. The third kappa shape index (κ3) is 46.1. The second-order valence-electron chi connectivity index (χ2n) is 0. The van der Waals surface area contributed by atoms with Gasteiger partial charge in [0.1, 0.15) is 0 Å². The molecule has 0 saturated carbocycles. The van der Waals surface area contributed by atoms with Crippen LogP contribution in [0.3, 0.4) is 0 Å². The van der Waals surface area contributed by atoms with Gasteiger partial charge in [0.15, 0.2) is 0 Å². The Morgan fingerprint density at radius 3 is 1.00 bits per heavy atom. The summed E-state index contributed by atoms with van der Waals surface area (Å²) in [5.74, 6) is 0. The molecule has 0 aromatic rings. The van der Waals surface area contributed by atoms with E-state index in [1.54, 1.807) is 0 Å². The average Bonchev–Trinajstić information content (AvgIpc) is 0. The molecule has 0 nitrogen and oxygen atoms in total. The Hall–Kier alpha value is 3.24. The van der Waals surface area contributed by atoms with E-state index in [4.69, 9.17) is 0 Å². The molecule has 0 rings (SSSR count). The van der Waals surface area contributed by atoms with Crippen LogP contribution in [-0.4, -0.2) is 19.4 Å². The number of rotatable bonds is 0. The van der Waals surface area contributed by atoms with Crippen LogP contribution < -0.4 is 0 Å². The maximum atomic E-state index is 0. The molecule has 50 valence electrons. The monoisotopic (exact) mass is 410 g/mol. The summed E-state index contributed by atoms with van der Waals surface area (Å²) in [4.78, 5) is 0. The number of hydrogen-bond acceptors (Lipinski definition) is 0. The minimum Gasteiger partial charge on any atom is -0.0125 e. The Balaban J connectivity index is 0. The Morgan fingerprint density at radius 2 is 1.00 bits per heavy atom. The van der Waals surface area contributed by atoms with Gasteiger partial charge in [-0.05, 0) is 11.0 Å². The van der Waals surface area contributed by atoms with Crippen LogP contribution in [0.2, 0.25) is 0 Å². The molecule has 7 heavy (non-hydrogen) atoms. The van der Waals surface area contributed by atoms with E-state index in [-0.39, 0.29) is 113 Å². The van der Waals surface area contributed by atoms with Gasteiger partial charge in [0.25, 0.3) is 0 Å². The SMILES string of the molecule is [B].[Cu].[Fe].[Mo].[Nb].[Ni].[SiH3]. The smallest absolute Gasteiger partial charge is 0 e. The van der Waals surface area contributed by atoms with Crippen LogP contribution in [0.4, 0.5) is 0 Å². The predicted octanol–water partition coefficient (Wildman–Crippen LogP) is -1.58. The molecule has 6 radical (unpaired) electrons. The van der Waals surface area contributed by atoms with E-state index in [0.717, 1.165) is 0 Å². The summed E-state index contributed by atoms with van der Waals surface area (Å²) in [6.07, 6.45) is 0. The second-order valence-corrected chi connectivity index (χ2v) is 0. The van der Waals surface area contributed by atoms with Gasteiger partial charge >= 0.3 is 0 Å². The van der Waals surface area contributed by atoms with Gasteiger partial charge < -0.3 is 0 Å². The van der Waals surface area contributed by atoms with Gasteiger partial charge in [0.05, 0.1) is 0 Å². The summed E-state index contributed by atoms with van der Waals surface area (Å²) < 4.78 is 0. The third-order valence-corrected chi connectivity index (χ3v) is 0. The molecule has 0 aromatic heterocycles. The van der Waals surface area contributed by atoms with Gasteiger partial charge in [0.2, 0.25) is 0 Å². The van der Waals surface area contributed by atoms with Crippen LogP contribution in [0.25, 0.3) is 0 Å². The first kappa shape index (κ1) is 83.2. The molecule has 0 heterocycles. The first-order chi connectivity index (χ1) is 0. The van der Waals surface area contributed by atoms with Crippen LogP contribution in [0.5, 0.6) is 0 Å². The van der Waals surface area contributed by atoms with Gasteiger partial charge in [-0.1, -0.05) is 0 Å². The normalized spacial score (nSPS) is 0. The Bertz CT molecular complexity index is 19.7. The first-order valence-electron chi connectivity index (χ1n) is 0. The van der Waals surface area contributed by atoms with Crippen molar-refractivity contribution in [1.29, 1.82) is 0 Å². The van der Waals surface area contributed by atoms with Crippen molar-refractivity contribution in [2.75, 3.05) is 0 Å². The average molecular weight is 409 g/mol. The Labute approximate surface area is 112 Å². The van der Waals surface area contributed by atoms with Crippen LogP contribution in [0.15, 0.2) is 0 Å². The molecule has 0 aliphatic rings. The van der Waals surface area contributed by atoms with Gasteiger partial charge in [-0.15, -0.1) is 0 Å². The molecule has 0 spiro atoms. The molecule has 0 aliphatic carbocycles. The molecule has 0 N–H and O–H groups in total. The molecule has 0 amide bonds. The fourth-order valence-corrected chi connectivity index (χ4v) is 0. The van der Waals surface area contributed by atoms with E-state index < -0.39 is 0 Å². The van der Waals surface area contributed by atoms with E-state index in [2.05, 4.69) is 0 Å². The first-order valence-corrected chi connectivity index (χ1v) is 0. The van der Waals surface area contributed by atoms with Crippen molar-refractivity contribution in [1.82, 2.24) is 0 Å². The van der Waals surface area contributed by atoms with Crippen LogP contribution in [0, 0.1) is 0 Å². The minimum atomic E-state index is 0. The molecule has 0 atom stereocenters. The Morgan fingerprint density at radius 1 is 1.00 bits per heavy atom. The van der Waals surface area contributed by atoms with Gasteiger partial charge in [-0.3, -0.25) is 0 Å². The second kappa shape index (κ2) is 59.7. The molecule has 0 aromatic carbocycles. The van der Waals surface area contributed by atoms with Crippen molar-refractivity contribution in [2.24, 2.45) is 0 Å². The fraction of sp³-hybridized carbons (Fsp3) is 0. The third-order valence-electron chi connectivity index (χ3n) is 0. The van der Waals surface area contributed by atoms with Gasteiger partial charge in [-0.2, -0.15) is 0 Å².